The lowest BCUT2D eigenvalue weighted by atomic mass is 10.0. The predicted molar refractivity (Wildman–Crippen MR) is 109 cm³/mol. The molecule has 0 spiro atoms. The number of nitrogens with one attached hydrogen (secondary N) is 1. The van der Waals surface area contributed by atoms with Crippen molar-refractivity contribution in [2.45, 2.75) is 33.2 Å². The number of hydrogen-bond donors (Lipinski definition) is 1. The number of anilines is 1. The third-order valence-electron chi connectivity index (χ3n) is 4.54. The molecule has 1 amide bonds. The highest BCUT2D eigenvalue weighted by atomic mass is 16.2. The summed E-state index contributed by atoms with van der Waals surface area (Å²) < 4.78 is 1.56. The second-order valence-corrected chi connectivity index (χ2v) is 7.07. The van der Waals surface area contributed by atoms with Crippen LogP contribution in [0.4, 0.5) is 5.69 Å². The minimum absolute atomic E-state index is 0.137. The van der Waals surface area contributed by atoms with Crippen LogP contribution in [0, 0.1) is 6.92 Å². The van der Waals surface area contributed by atoms with Gasteiger partial charge >= 0.3 is 0 Å². The highest BCUT2D eigenvalue weighted by molar-refractivity contribution is 6.03. The molecule has 0 radical (unpaired) electrons. The molecule has 2 aromatic carbocycles. The van der Waals surface area contributed by atoms with E-state index in [-0.39, 0.29) is 11.1 Å². The van der Waals surface area contributed by atoms with Crippen molar-refractivity contribution >= 4 is 11.6 Å². The Hall–Kier alpha value is -3.14. The number of benzene rings is 2. The highest BCUT2D eigenvalue weighted by Gasteiger charge is 2.13. The zero-order valence-corrected chi connectivity index (χ0v) is 15.9. The van der Waals surface area contributed by atoms with E-state index in [9.17, 15) is 9.59 Å². The van der Waals surface area contributed by atoms with Crippen LogP contribution in [0.5, 0.6) is 0 Å². The van der Waals surface area contributed by atoms with Gasteiger partial charge in [0.2, 0.25) is 0 Å². The van der Waals surface area contributed by atoms with Crippen molar-refractivity contribution in [3.8, 4) is 0 Å². The number of amides is 1. The van der Waals surface area contributed by atoms with Gasteiger partial charge < -0.3 is 9.88 Å². The molecule has 0 aliphatic rings. The van der Waals surface area contributed by atoms with Crippen LogP contribution in [-0.2, 0) is 6.54 Å². The maximum absolute atomic E-state index is 12.7. The van der Waals surface area contributed by atoms with E-state index in [4.69, 9.17) is 0 Å². The monoisotopic (exact) mass is 360 g/mol. The lowest BCUT2D eigenvalue weighted by Crippen LogP contribution is -2.29. The van der Waals surface area contributed by atoms with Crippen molar-refractivity contribution in [2.75, 3.05) is 5.32 Å². The van der Waals surface area contributed by atoms with E-state index < -0.39 is 5.91 Å². The summed E-state index contributed by atoms with van der Waals surface area (Å²) in [5.41, 5.74) is 3.89. The Balaban J connectivity index is 1.80. The average Bonchev–Trinajstić information content (AvgIpc) is 2.64. The van der Waals surface area contributed by atoms with Gasteiger partial charge in [-0.2, -0.15) is 0 Å². The first-order chi connectivity index (χ1) is 12.9. The van der Waals surface area contributed by atoms with Gasteiger partial charge in [-0.15, -0.1) is 0 Å². The van der Waals surface area contributed by atoms with Crippen molar-refractivity contribution < 1.29 is 4.79 Å². The quantitative estimate of drug-likeness (QED) is 0.724. The van der Waals surface area contributed by atoms with Crippen molar-refractivity contribution in [3.05, 3.63) is 99.5 Å². The molecule has 138 valence electrons. The van der Waals surface area contributed by atoms with E-state index in [1.54, 1.807) is 22.9 Å². The van der Waals surface area contributed by atoms with Gasteiger partial charge in [0.25, 0.3) is 11.5 Å². The van der Waals surface area contributed by atoms with E-state index in [0.717, 1.165) is 11.1 Å². The first-order valence-corrected chi connectivity index (χ1v) is 9.10. The summed E-state index contributed by atoms with van der Waals surface area (Å²) in [4.78, 5) is 25.3. The van der Waals surface area contributed by atoms with E-state index in [1.165, 1.54) is 5.56 Å². The number of hydrogen-bond acceptors (Lipinski definition) is 2. The SMILES string of the molecule is Cc1cccc(Cn2cccc(C(=O)Nc3ccc(C(C)C)cc3)c2=O)c1. The Morgan fingerprint density at radius 2 is 1.78 bits per heavy atom. The number of nitrogens with zero attached hydrogens (tertiary/aromatic N) is 1. The fraction of sp³-hybridized carbons (Fsp3) is 0.217. The van der Waals surface area contributed by atoms with E-state index in [1.807, 2.05) is 55.5 Å². The zero-order chi connectivity index (χ0) is 19.4. The maximum Gasteiger partial charge on any atom is 0.263 e. The molecule has 0 saturated carbocycles. The minimum atomic E-state index is -0.393. The molecule has 0 aliphatic carbocycles. The molecule has 3 rings (SSSR count). The van der Waals surface area contributed by atoms with Crippen LogP contribution >= 0.6 is 0 Å². The topological polar surface area (TPSA) is 51.1 Å². The van der Waals surface area contributed by atoms with Crippen molar-refractivity contribution in [2.24, 2.45) is 0 Å². The number of aryl methyl sites for hydroxylation is 1. The molecule has 0 aliphatic heterocycles. The molecule has 0 saturated heterocycles. The Morgan fingerprint density at radius 3 is 2.44 bits per heavy atom. The van der Waals surface area contributed by atoms with Gasteiger partial charge in [-0.05, 0) is 48.2 Å². The van der Waals surface area contributed by atoms with Crippen molar-refractivity contribution in [1.82, 2.24) is 4.57 Å². The third-order valence-corrected chi connectivity index (χ3v) is 4.54. The molecule has 4 nitrogen and oxygen atoms in total. The summed E-state index contributed by atoms with van der Waals surface area (Å²) in [5.74, 6) is 0.0357. The number of pyridine rings is 1. The van der Waals surface area contributed by atoms with Gasteiger partial charge in [0.1, 0.15) is 5.56 Å². The molecule has 1 N–H and O–H groups in total. The largest absolute Gasteiger partial charge is 0.322 e. The summed E-state index contributed by atoms with van der Waals surface area (Å²) >= 11 is 0. The first-order valence-electron chi connectivity index (χ1n) is 9.10. The molecular formula is C23H24N2O2. The lowest BCUT2D eigenvalue weighted by molar-refractivity contribution is 0.102. The second kappa shape index (κ2) is 8.04. The Kier molecular flexibility index (Phi) is 5.55. The molecule has 0 atom stereocenters. The normalized spacial score (nSPS) is 10.8. The van der Waals surface area contributed by atoms with Gasteiger partial charge in [0, 0.05) is 11.9 Å². The van der Waals surface area contributed by atoms with E-state index >= 15 is 0 Å². The van der Waals surface area contributed by atoms with Crippen LogP contribution in [0.3, 0.4) is 0 Å². The molecule has 0 fully saturated rings. The summed E-state index contributed by atoms with van der Waals surface area (Å²) in [6.07, 6.45) is 1.71. The molecule has 3 aromatic rings. The van der Waals surface area contributed by atoms with Crippen molar-refractivity contribution in [3.63, 3.8) is 0 Å². The smallest absolute Gasteiger partial charge is 0.263 e. The summed E-state index contributed by atoms with van der Waals surface area (Å²) in [6, 6.07) is 19.0. The highest BCUT2D eigenvalue weighted by Crippen LogP contribution is 2.17. The Morgan fingerprint density at radius 1 is 1.04 bits per heavy atom. The number of aromatic nitrogens is 1. The molecule has 1 heterocycles. The molecule has 27 heavy (non-hydrogen) atoms. The van der Waals surface area contributed by atoms with Crippen molar-refractivity contribution in [1.29, 1.82) is 0 Å². The molecular weight excluding hydrogens is 336 g/mol. The van der Waals surface area contributed by atoms with Crippen LogP contribution in [0.25, 0.3) is 0 Å². The summed E-state index contributed by atoms with van der Waals surface area (Å²) in [5, 5.41) is 2.81. The molecule has 0 unspecified atom stereocenters. The first kappa shape index (κ1) is 18.6. The summed E-state index contributed by atoms with van der Waals surface area (Å²) in [6.45, 7) is 6.69. The molecule has 0 bridgehead atoms. The lowest BCUT2D eigenvalue weighted by Gasteiger charge is -2.10. The van der Waals surface area contributed by atoms with Gasteiger partial charge in [-0.1, -0.05) is 55.8 Å². The third kappa shape index (κ3) is 4.53. The predicted octanol–water partition coefficient (Wildman–Crippen LogP) is 4.58. The van der Waals surface area contributed by atoms with Crippen LogP contribution in [0.15, 0.2) is 71.7 Å². The zero-order valence-electron chi connectivity index (χ0n) is 15.9. The van der Waals surface area contributed by atoms with E-state index in [2.05, 4.69) is 19.2 Å². The van der Waals surface area contributed by atoms with Gasteiger partial charge in [-0.3, -0.25) is 9.59 Å². The van der Waals surface area contributed by atoms with Gasteiger partial charge in [0.15, 0.2) is 0 Å². The number of rotatable bonds is 5. The van der Waals surface area contributed by atoms with Crippen LogP contribution < -0.4 is 10.9 Å². The van der Waals surface area contributed by atoms with Crippen LogP contribution in [-0.4, -0.2) is 10.5 Å². The fourth-order valence-corrected chi connectivity index (χ4v) is 2.99. The molecule has 1 aromatic heterocycles. The van der Waals surface area contributed by atoms with Crippen LogP contribution in [0.1, 0.15) is 46.8 Å². The average molecular weight is 360 g/mol. The van der Waals surface area contributed by atoms with Gasteiger partial charge in [0.05, 0.1) is 6.54 Å². The minimum Gasteiger partial charge on any atom is -0.322 e. The number of carbonyl (C=O) groups is 1. The standard InChI is InChI=1S/C23H24N2O2/c1-16(2)19-9-11-20(12-10-19)24-22(26)21-8-5-13-25(23(21)27)15-18-7-4-6-17(3)14-18/h4-14,16H,15H2,1-3H3,(H,24,26). The Bertz CT molecular complexity index is 1000. The summed E-state index contributed by atoms with van der Waals surface area (Å²) in [7, 11) is 0. The van der Waals surface area contributed by atoms with Crippen LogP contribution in [0.2, 0.25) is 0 Å². The number of carbonyl (C=O) groups excluding carboxylic acids is 1. The molecule has 4 heteroatoms. The van der Waals surface area contributed by atoms with E-state index in [0.29, 0.717) is 18.2 Å². The fourth-order valence-electron chi connectivity index (χ4n) is 2.99. The van der Waals surface area contributed by atoms with Gasteiger partial charge in [-0.25, -0.2) is 0 Å². The second-order valence-electron chi connectivity index (χ2n) is 7.07. The Labute approximate surface area is 159 Å². The maximum atomic E-state index is 12.7.